The van der Waals surface area contributed by atoms with Gasteiger partial charge in [0.05, 0.1) is 55.2 Å². The molecule has 5 heteroatoms. The van der Waals surface area contributed by atoms with Crippen molar-refractivity contribution in [2.45, 2.75) is 52.4 Å². The van der Waals surface area contributed by atoms with E-state index in [9.17, 15) is 0 Å². The fourth-order valence-electron chi connectivity index (χ4n) is 15.4. The fraction of sp³-hybridized carbons (Fsp3) is 0.0988. The van der Waals surface area contributed by atoms with Crippen molar-refractivity contribution in [2.24, 2.45) is 0 Å². The van der Waals surface area contributed by atoms with E-state index in [1.54, 1.807) is 0 Å². The van der Waals surface area contributed by atoms with Crippen molar-refractivity contribution >= 4 is 142 Å². The lowest BCUT2D eigenvalue weighted by Gasteiger charge is -2.22. The molecule has 0 N–H and O–H groups in total. The Morgan fingerprint density at radius 1 is 0.302 bits per heavy atom. The van der Waals surface area contributed by atoms with Crippen LogP contribution in [-0.4, -0.2) is 22.9 Å². The third kappa shape index (κ3) is 6.31. The van der Waals surface area contributed by atoms with Crippen LogP contribution in [0.4, 0.5) is 0 Å². The van der Waals surface area contributed by atoms with E-state index in [1.807, 2.05) is 0 Å². The van der Waals surface area contributed by atoms with Crippen LogP contribution in [0, 0.1) is 0 Å². The van der Waals surface area contributed by atoms with Crippen molar-refractivity contribution in [3.05, 3.63) is 248 Å². The molecule has 406 valence electrons. The summed E-state index contributed by atoms with van der Waals surface area (Å²) in [5.74, 6) is 0. The summed E-state index contributed by atoms with van der Waals surface area (Å²) in [5, 5.41) is 18.5. The van der Waals surface area contributed by atoms with Crippen molar-refractivity contribution in [1.82, 2.24) is 22.9 Å². The first-order chi connectivity index (χ1) is 41.9. The Bertz CT molecular complexity index is 6130. The second-order valence-corrected chi connectivity index (χ2v) is 26.3. The van der Waals surface area contributed by atoms with Gasteiger partial charge in [0.15, 0.2) is 0 Å². The molecule has 7 heterocycles. The molecule has 0 saturated carbocycles. The summed E-state index contributed by atoms with van der Waals surface area (Å²) >= 11 is 0. The Kier molecular flexibility index (Phi) is 9.28. The molecule has 0 radical (unpaired) electrons. The van der Waals surface area contributed by atoms with Gasteiger partial charge in [0.25, 0.3) is 0 Å². The number of hydrogen-bond acceptors (Lipinski definition) is 1. The van der Waals surface area contributed by atoms with Gasteiger partial charge in [0, 0.05) is 81.8 Å². The molecule has 0 aliphatic heterocycles. The Morgan fingerprint density at radius 3 is 1.42 bits per heavy atom. The van der Waals surface area contributed by atoms with Gasteiger partial charge in [-0.3, -0.25) is 4.40 Å². The first-order valence-corrected chi connectivity index (χ1v) is 30.3. The predicted octanol–water partition coefficient (Wildman–Crippen LogP) is 21.8. The second-order valence-electron chi connectivity index (χ2n) is 26.3. The summed E-state index contributed by atoms with van der Waals surface area (Å²) in [5.41, 5.74) is 22.3. The lowest BCUT2D eigenvalue weighted by atomic mass is 9.83. The molecule has 0 aliphatic rings. The minimum atomic E-state index is -0.127. The molecule has 0 fully saturated rings. The molecule has 0 saturated heterocycles. The molecule has 0 amide bonds. The summed E-state index contributed by atoms with van der Waals surface area (Å²) in [6.07, 6.45) is 0. The molecule has 5 nitrogen and oxygen atoms in total. The quantitative estimate of drug-likeness (QED) is 0.173. The number of pyridine rings is 1. The second kappa shape index (κ2) is 16.6. The van der Waals surface area contributed by atoms with Crippen molar-refractivity contribution in [1.29, 1.82) is 0 Å². The van der Waals surface area contributed by atoms with Gasteiger partial charge in [-0.05, 0) is 158 Å². The molecule has 0 bridgehead atoms. The topological polar surface area (TPSA) is 31.6 Å². The summed E-state index contributed by atoms with van der Waals surface area (Å²) < 4.78 is 10.0. The van der Waals surface area contributed by atoms with E-state index in [2.05, 4.69) is 296 Å². The molecule has 7 aromatic heterocycles. The maximum atomic E-state index is 6.15. The Hall–Kier alpha value is -10.5. The molecule has 0 unspecified atom stereocenters. The zero-order valence-corrected chi connectivity index (χ0v) is 48.8. The lowest BCUT2D eigenvalue weighted by molar-refractivity contribution is 0.591. The minimum Gasteiger partial charge on any atom is -0.309 e. The summed E-state index contributed by atoms with van der Waals surface area (Å²) in [6.45, 7) is 14.1. The molecule has 0 spiro atoms. The molecular formula is C81H57N5. The van der Waals surface area contributed by atoms with E-state index in [1.165, 1.54) is 153 Å². The first-order valence-electron chi connectivity index (χ1n) is 30.3. The number of rotatable bonds is 4. The summed E-state index contributed by atoms with van der Waals surface area (Å²) in [4.78, 5) is 6.15. The number of nitrogens with zero attached hydrogens (tertiary/aromatic N) is 5. The Labute approximate surface area is 495 Å². The van der Waals surface area contributed by atoms with Crippen LogP contribution < -0.4 is 0 Å². The van der Waals surface area contributed by atoms with Crippen molar-refractivity contribution in [3.8, 4) is 33.6 Å². The highest BCUT2D eigenvalue weighted by Gasteiger charge is 2.31. The Balaban J connectivity index is 0.964. The molecular weight excluding hydrogens is 1040 g/mol. The molecule has 12 aromatic carbocycles. The van der Waals surface area contributed by atoms with Crippen LogP contribution in [-0.2, 0) is 10.8 Å². The number of hydrogen-bond donors (Lipinski definition) is 0. The number of aromatic nitrogens is 5. The highest BCUT2D eigenvalue weighted by molar-refractivity contribution is 6.35. The van der Waals surface area contributed by atoms with E-state index < -0.39 is 0 Å². The molecule has 19 aromatic rings. The maximum Gasteiger partial charge on any atom is 0.146 e. The summed E-state index contributed by atoms with van der Waals surface area (Å²) in [6, 6.07) is 89.1. The van der Waals surface area contributed by atoms with E-state index >= 15 is 0 Å². The van der Waals surface area contributed by atoms with E-state index in [0.717, 1.165) is 33.4 Å². The zero-order valence-electron chi connectivity index (χ0n) is 48.8. The van der Waals surface area contributed by atoms with Gasteiger partial charge in [-0.25, -0.2) is 4.98 Å². The molecule has 19 rings (SSSR count). The van der Waals surface area contributed by atoms with Crippen LogP contribution in [0.3, 0.4) is 0 Å². The average molecular weight is 1100 g/mol. The molecule has 0 atom stereocenters. The predicted molar refractivity (Wildman–Crippen MR) is 366 cm³/mol. The number of para-hydroxylation sites is 4. The third-order valence-electron chi connectivity index (χ3n) is 19.4. The fourth-order valence-corrected chi connectivity index (χ4v) is 15.4. The van der Waals surface area contributed by atoms with Gasteiger partial charge in [0.1, 0.15) is 5.65 Å². The van der Waals surface area contributed by atoms with Gasteiger partial charge in [-0.1, -0.05) is 175 Å². The SMILES string of the molecule is CC(C)(C)c1cc(-c2ccc3c(c2)c2ccccc2n3-c2ccccc2)c2c(c1)c1cc(C(C)(C)C)cc3c4cc5c(nc4n2c31)c1cc2ccccc2c2c3cc4ccccc4c(-c4ccc6c(c4)c4ccccc4n6-c4ccccc4)c3n5c12. The van der Waals surface area contributed by atoms with Gasteiger partial charge >= 0.3 is 0 Å². The number of benzene rings is 12. The maximum absolute atomic E-state index is 6.15. The van der Waals surface area contributed by atoms with E-state index in [0.29, 0.717) is 0 Å². The van der Waals surface area contributed by atoms with Crippen LogP contribution in [0.15, 0.2) is 237 Å². The van der Waals surface area contributed by atoms with Crippen LogP contribution in [0.2, 0.25) is 0 Å². The lowest BCUT2D eigenvalue weighted by Crippen LogP contribution is -2.11. The van der Waals surface area contributed by atoms with Gasteiger partial charge in [-0.2, -0.15) is 0 Å². The normalized spacial score (nSPS) is 13.0. The first kappa shape index (κ1) is 47.9. The standard InChI is InChI=1S/C81H57N5/c1-80(2,3)50-41-58(48-33-35-69-59(37-48)56-29-17-19-31-67(56)83(69)52-23-9-7-10-24-52)75-61(42-50)62-43-51(81(4,5)6)44-63-64-45-71-74(82-79(64)86(75)76(62)63)66-39-47-22-14-16-28-55(47)73-65-38-46-21-13-15-27-54(46)72(77(65)85(71)78(66)73)49-34-36-70-60(40-49)57-30-18-20-32-68(57)84(70)53-25-11-8-12-26-53/h7-45H,1-6H3. The largest absolute Gasteiger partial charge is 0.309 e. The van der Waals surface area contributed by atoms with Gasteiger partial charge < -0.3 is 13.5 Å². The van der Waals surface area contributed by atoms with Crippen molar-refractivity contribution in [2.75, 3.05) is 0 Å². The van der Waals surface area contributed by atoms with Crippen molar-refractivity contribution in [3.63, 3.8) is 0 Å². The zero-order chi connectivity index (χ0) is 57.2. The third-order valence-corrected chi connectivity index (χ3v) is 19.4. The molecule has 0 aliphatic carbocycles. The highest BCUT2D eigenvalue weighted by Crippen LogP contribution is 2.52. The number of fused-ring (bicyclic) bond motifs is 21. The smallest absolute Gasteiger partial charge is 0.146 e. The average Bonchev–Trinajstić information content (AvgIpc) is 1.53. The van der Waals surface area contributed by atoms with E-state index in [-0.39, 0.29) is 10.8 Å². The van der Waals surface area contributed by atoms with Crippen LogP contribution in [0.5, 0.6) is 0 Å². The van der Waals surface area contributed by atoms with Gasteiger partial charge in [-0.15, -0.1) is 0 Å². The van der Waals surface area contributed by atoms with Crippen LogP contribution in [0.25, 0.3) is 175 Å². The molecule has 86 heavy (non-hydrogen) atoms. The van der Waals surface area contributed by atoms with Crippen LogP contribution in [0.1, 0.15) is 52.7 Å². The van der Waals surface area contributed by atoms with Gasteiger partial charge in [0.2, 0.25) is 0 Å². The Morgan fingerprint density at radius 2 is 0.791 bits per heavy atom. The van der Waals surface area contributed by atoms with Crippen LogP contribution >= 0.6 is 0 Å². The monoisotopic (exact) mass is 1100 g/mol. The minimum absolute atomic E-state index is 0.120. The summed E-state index contributed by atoms with van der Waals surface area (Å²) in [7, 11) is 0. The highest BCUT2D eigenvalue weighted by atomic mass is 15.0. The van der Waals surface area contributed by atoms with Crippen molar-refractivity contribution < 1.29 is 0 Å². The van der Waals surface area contributed by atoms with E-state index in [4.69, 9.17) is 4.98 Å².